The first-order valence-electron chi connectivity index (χ1n) is 9.70. The van der Waals surface area contributed by atoms with Gasteiger partial charge in [-0.2, -0.15) is 0 Å². The fourth-order valence-electron chi connectivity index (χ4n) is 3.20. The lowest BCUT2D eigenvalue weighted by Crippen LogP contribution is -2.43. The zero-order valence-electron chi connectivity index (χ0n) is 15.9. The third-order valence-electron chi connectivity index (χ3n) is 4.81. The third-order valence-corrected chi connectivity index (χ3v) is 4.81. The molecule has 0 radical (unpaired) electrons. The molecule has 0 bridgehead atoms. The summed E-state index contributed by atoms with van der Waals surface area (Å²) in [6.07, 6.45) is 4.82. The summed E-state index contributed by atoms with van der Waals surface area (Å²) in [5.74, 6) is 0.800. The lowest BCUT2D eigenvalue weighted by molar-refractivity contribution is -0.132. The van der Waals surface area contributed by atoms with Gasteiger partial charge in [-0.3, -0.25) is 9.59 Å². The molecule has 1 fully saturated rings. The molecule has 0 aliphatic carbocycles. The van der Waals surface area contributed by atoms with Crippen LogP contribution in [-0.4, -0.2) is 43.0 Å². The summed E-state index contributed by atoms with van der Waals surface area (Å²) in [7, 11) is 0. The zero-order chi connectivity index (χ0) is 19.6. The molecule has 1 aliphatic heterocycles. The molecule has 2 aromatic rings. The van der Waals surface area contributed by atoms with E-state index in [1.54, 1.807) is 6.08 Å². The van der Waals surface area contributed by atoms with Crippen LogP contribution in [0.2, 0.25) is 0 Å². The molecule has 1 N–H and O–H groups in total. The van der Waals surface area contributed by atoms with E-state index in [-0.39, 0.29) is 17.7 Å². The second kappa shape index (κ2) is 10.3. The first-order chi connectivity index (χ1) is 13.7. The van der Waals surface area contributed by atoms with Gasteiger partial charge in [0.2, 0.25) is 11.8 Å². The second-order valence-corrected chi connectivity index (χ2v) is 6.80. The van der Waals surface area contributed by atoms with Gasteiger partial charge in [-0.25, -0.2) is 0 Å². The topological polar surface area (TPSA) is 58.6 Å². The molecule has 2 aromatic carbocycles. The van der Waals surface area contributed by atoms with E-state index in [0.717, 1.165) is 11.3 Å². The molecule has 0 aromatic heterocycles. The fourth-order valence-corrected chi connectivity index (χ4v) is 3.20. The van der Waals surface area contributed by atoms with Crippen molar-refractivity contribution < 1.29 is 14.3 Å². The number of piperidine rings is 1. The van der Waals surface area contributed by atoms with Crippen molar-refractivity contribution in [1.82, 2.24) is 10.2 Å². The fraction of sp³-hybridized carbons (Fsp3) is 0.304. The van der Waals surface area contributed by atoms with Crippen LogP contribution in [0.5, 0.6) is 5.75 Å². The smallest absolute Gasteiger partial charge is 0.246 e. The monoisotopic (exact) mass is 378 g/mol. The average Bonchev–Trinajstić information content (AvgIpc) is 2.76. The van der Waals surface area contributed by atoms with Gasteiger partial charge in [0.05, 0.1) is 6.54 Å². The summed E-state index contributed by atoms with van der Waals surface area (Å²) in [4.78, 5) is 26.4. The molecule has 0 atom stereocenters. The van der Waals surface area contributed by atoms with Crippen LogP contribution < -0.4 is 10.1 Å². The molecule has 1 heterocycles. The highest BCUT2D eigenvalue weighted by atomic mass is 16.5. The van der Waals surface area contributed by atoms with Crippen molar-refractivity contribution in [2.45, 2.75) is 12.8 Å². The predicted molar refractivity (Wildman–Crippen MR) is 110 cm³/mol. The van der Waals surface area contributed by atoms with E-state index in [1.165, 1.54) is 0 Å². The van der Waals surface area contributed by atoms with Gasteiger partial charge in [-0.15, -0.1) is 0 Å². The Morgan fingerprint density at radius 3 is 2.32 bits per heavy atom. The number of hydrogen-bond acceptors (Lipinski definition) is 3. The minimum Gasteiger partial charge on any atom is -0.492 e. The molecule has 5 heteroatoms. The van der Waals surface area contributed by atoms with E-state index in [4.69, 9.17) is 4.74 Å². The van der Waals surface area contributed by atoms with Gasteiger partial charge >= 0.3 is 0 Å². The van der Waals surface area contributed by atoms with Crippen molar-refractivity contribution in [3.05, 3.63) is 72.3 Å². The summed E-state index contributed by atoms with van der Waals surface area (Å²) in [6, 6.07) is 19.3. The summed E-state index contributed by atoms with van der Waals surface area (Å²) in [5, 5.41) is 2.93. The number of hydrogen-bond donors (Lipinski definition) is 1. The first kappa shape index (κ1) is 19.7. The van der Waals surface area contributed by atoms with Crippen molar-refractivity contribution in [3.63, 3.8) is 0 Å². The second-order valence-electron chi connectivity index (χ2n) is 6.80. The SMILES string of the molecule is O=C(NCCOc1ccccc1)C1CCN(C(=O)/C=C\c2ccccc2)CC1. The zero-order valence-corrected chi connectivity index (χ0v) is 15.9. The Hall–Kier alpha value is -3.08. The van der Waals surface area contributed by atoms with Crippen molar-refractivity contribution in [2.24, 2.45) is 5.92 Å². The molecule has 2 amide bonds. The van der Waals surface area contributed by atoms with Crippen molar-refractivity contribution >= 4 is 17.9 Å². The summed E-state index contributed by atoms with van der Waals surface area (Å²) >= 11 is 0. The number of nitrogens with one attached hydrogen (secondary N) is 1. The Bertz CT molecular complexity index is 782. The maximum atomic E-state index is 12.3. The summed E-state index contributed by atoms with van der Waals surface area (Å²) in [5.41, 5.74) is 1.00. The number of benzene rings is 2. The molecule has 5 nitrogen and oxygen atoms in total. The van der Waals surface area contributed by atoms with Crippen LogP contribution in [0.25, 0.3) is 6.08 Å². The molecule has 146 valence electrons. The number of carbonyl (C=O) groups is 2. The summed E-state index contributed by atoms with van der Waals surface area (Å²) < 4.78 is 5.58. The molecule has 0 spiro atoms. The molecule has 0 saturated carbocycles. The number of ether oxygens (including phenoxy) is 1. The van der Waals surface area contributed by atoms with E-state index in [9.17, 15) is 9.59 Å². The standard InChI is InChI=1S/C23H26N2O3/c26-22(12-11-19-7-3-1-4-8-19)25-16-13-20(14-17-25)23(27)24-15-18-28-21-9-5-2-6-10-21/h1-12,20H,13-18H2,(H,24,27)/b12-11-. The highest BCUT2D eigenvalue weighted by Gasteiger charge is 2.26. The predicted octanol–water partition coefficient (Wildman–Crippen LogP) is 3.13. The minimum atomic E-state index is -0.0427. The number of rotatable bonds is 7. The molecule has 3 rings (SSSR count). The maximum Gasteiger partial charge on any atom is 0.246 e. The Morgan fingerprint density at radius 1 is 1.00 bits per heavy atom. The highest BCUT2D eigenvalue weighted by molar-refractivity contribution is 5.92. The Labute approximate surface area is 166 Å². The molecule has 0 unspecified atom stereocenters. The van der Waals surface area contributed by atoms with E-state index in [2.05, 4.69) is 5.32 Å². The van der Waals surface area contributed by atoms with Gasteiger partial charge < -0.3 is 15.0 Å². The van der Waals surface area contributed by atoms with E-state index < -0.39 is 0 Å². The van der Waals surface area contributed by atoms with Gasteiger partial charge in [0.1, 0.15) is 12.4 Å². The quantitative estimate of drug-likeness (QED) is 0.595. The number of likely N-dealkylation sites (tertiary alicyclic amines) is 1. The van der Waals surface area contributed by atoms with Crippen LogP contribution in [0.4, 0.5) is 0 Å². The molecular formula is C23H26N2O3. The summed E-state index contributed by atoms with van der Waals surface area (Å²) in [6.45, 7) is 2.14. The van der Waals surface area contributed by atoms with Crippen LogP contribution in [0.1, 0.15) is 18.4 Å². The Balaban J connectivity index is 1.35. The molecular weight excluding hydrogens is 352 g/mol. The van der Waals surface area contributed by atoms with E-state index in [0.29, 0.717) is 39.1 Å². The lowest BCUT2D eigenvalue weighted by atomic mass is 9.96. The number of carbonyl (C=O) groups excluding carboxylic acids is 2. The molecule has 28 heavy (non-hydrogen) atoms. The van der Waals surface area contributed by atoms with Crippen LogP contribution in [0, 0.1) is 5.92 Å². The average molecular weight is 378 g/mol. The number of amides is 2. The van der Waals surface area contributed by atoms with Crippen LogP contribution in [0.15, 0.2) is 66.7 Å². The largest absolute Gasteiger partial charge is 0.492 e. The minimum absolute atomic E-state index is 0.000952. The highest BCUT2D eigenvalue weighted by Crippen LogP contribution is 2.18. The van der Waals surface area contributed by atoms with Crippen molar-refractivity contribution in [2.75, 3.05) is 26.2 Å². The Morgan fingerprint density at radius 2 is 1.64 bits per heavy atom. The normalized spacial score (nSPS) is 14.8. The Kier molecular flexibility index (Phi) is 7.24. The van der Waals surface area contributed by atoms with Gasteiger partial charge in [-0.05, 0) is 36.6 Å². The van der Waals surface area contributed by atoms with E-state index >= 15 is 0 Å². The van der Waals surface area contributed by atoms with Gasteiger partial charge in [-0.1, -0.05) is 48.5 Å². The number of para-hydroxylation sites is 1. The van der Waals surface area contributed by atoms with Crippen molar-refractivity contribution in [1.29, 1.82) is 0 Å². The third kappa shape index (κ3) is 5.98. The van der Waals surface area contributed by atoms with Crippen LogP contribution >= 0.6 is 0 Å². The lowest BCUT2D eigenvalue weighted by Gasteiger charge is -2.30. The van der Waals surface area contributed by atoms with Crippen LogP contribution in [0.3, 0.4) is 0 Å². The van der Waals surface area contributed by atoms with Gasteiger partial charge in [0.15, 0.2) is 0 Å². The maximum absolute atomic E-state index is 12.3. The van der Waals surface area contributed by atoms with Crippen molar-refractivity contribution in [3.8, 4) is 5.75 Å². The molecule has 1 aliphatic rings. The first-order valence-corrected chi connectivity index (χ1v) is 9.70. The molecule has 1 saturated heterocycles. The van der Waals surface area contributed by atoms with Crippen LogP contribution in [-0.2, 0) is 9.59 Å². The number of nitrogens with zero attached hydrogens (tertiary/aromatic N) is 1. The van der Waals surface area contributed by atoms with Gasteiger partial charge in [0, 0.05) is 25.1 Å². The van der Waals surface area contributed by atoms with E-state index in [1.807, 2.05) is 71.6 Å². The van der Waals surface area contributed by atoms with Gasteiger partial charge in [0.25, 0.3) is 0 Å².